The van der Waals surface area contributed by atoms with Crippen molar-refractivity contribution in [3.05, 3.63) is 57.6 Å². The molecule has 0 aromatic heterocycles. The summed E-state index contributed by atoms with van der Waals surface area (Å²) >= 11 is 0. The third-order valence-electron chi connectivity index (χ3n) is 2.92. The van der Waals surface area contributed by atoms with Crippen LogP contribution in [0.4, 0.5) is 11.4 Å². The summed E-state index contributed by atoms with van der Waals surface area (Å²) in [5.74, 6) is -0.484. The van der Waals surface area contributed by atoms with E-state index < -0.39 is 16.4 Å². The molecule has 2 N–H and O–H groups in total. The number of benzene rings is 2. The maximum absolute atomic E-state index is 10.9. The fourth-order valence-electron chi connectivity index (χ4n) is 1.88. The summed E-state index contributed by atoms with van der Waals surface area (Å²) in [6, 6.07) is 10.3. The number of hydrogen-bond donors (Lipinski definition) is 2. The molecule has 2 rings (SSSR count). The number of nitrogens with zero attached hydrogens (tertiary/aromatic N) is 2. The van der Waals surface area contributed by atoms with Gasteiger partial charge in [0.2, 0.25) is 5.75 Å². The van der Waals surface area contributed by atoms with Crippen molar-refractivity contribution in [3.63, 3.8) is 0 Å². The van der Waals surface area contributed by atoms with Gasteiger partial charge >= 0.3 is 5.69 Å². The molecule has 22 heavy (non-hydrogen) atoms. The summed E-state index contributed by atoms with van der Waals surface area (Å²) in [5, 5.41) is 24.6. The molecular weight excluding hydrogens is 286 g/mol. The number of phenolic OH excluding ortho intramolecular Hbond substituents is 1. The minimum Gasteiger partial charge on any atom is -0.500 e. The second kappa shape index (κ2) is 6.57. The Hall–Kier alpha value is -3.09. The first kappa shape index (κ1) is 15.3. The molecule has 0 saturated carbocycles. The van der Waals surface area contributed by atoms with Gasteiger partial charge in [0.15, 0.2) is 5.75 Å². The maximum atomic E-state index is 10.9. The molecule has 0 saturated heterocycles. The molecule has 0 bridgehead atoms. The Kier molecular flexibility index (Phi) is 4.57. The van der Waals surface area contributed by atoms with Crippen molar-refractivity contribution >= 4 is 17.6 Å². The van der Waals surface area contributed by atoms with Gasteiger partial charge in [-0.1, -0.05) is 12.1 Å². The van der Waals surface area contributed by atoms with E-state index >= 15 is 0 Å². The molecule has 0 atom stereocenters. The van der Waals surface area contributed by atoms with Crippen LogP contribution in [0.25, 0.3) is 0 Å². The fourth-order valence-corrected chi connectivity index (χ4v) is 1.88. The third kappa shape index (κ3) is 3.51. The zero-order valence-corrected chi connectivity index (χ0v) is 12.1. The largest absolute Gasteiger partial charge is 0.500 e. The third-order valence-corrected chi connectivity index (χ3v) is 2.92. The van der Waals surface area contributed by atoms with E-state index in [1.807, 2.05) is 31.2 Å². The summed E-state index contributed by atoms with van der Waals surface area (Å²) in [6.45, 7) is 1.96. The molecule has 0 spiro atoms. The van der Waals surface area contributed by atoms with Crippen molar-refractivity contribution in [3.8, 4) is 11.5 Å². The van der Waals surface area contributed by atoms with Crippen LogP contribution in [0.2, 0.25) is 0 Å². The van der Waals surface area contributed by atoms with Crippen molar-refractivity contribution in [1.82, 2.24) is 0 Å². The van der Waals surface area contributed by atoms with Crippen LogP contribution in [0.3, 0.4) is 0 Å². The Morgan fingerprint density at radius 3 is 2.77 bits per heavy atom. The SMILES string of the molecule is COc1cc(/C=N\Nc2cccc(C)c2)cc([N+](=O)[O-])c1O. The van der Waals surface area contributed by atoms with Gasteiger partial charge in [0.1, 0.15) is 0 Å². The highest BCUT2D eigenvalue weighted by molar-refractivity contribution is 5.83. The van der Waals surface area contributed by atoms with Crippen LogP contribution in [0.5, 0.6) is 11.5 Å². The van der Waals surface area contributed by atoms with Crippen LogP contribution in [-0.2, 0) is 0 Å². The number of hydrogen-bond acceptors (Lipinski definition) is 6. The topological polar surface area (TPSA) is 97.0 Å². The average molecular weight is 301 g/mol. The normalized spacial score (nSPS) is 10.6. The van der Waals surface area contributed by atoms with Crippen molar-refractivity contribution in [1.29, 1.82) is 0 Å². The van der Waals surface area contributed by atoms with Gasteiger partial charge in [-0.25, -0.2) is 0 Å². The molecule has 0 unspecified atom stereocenters. The molecular formula is C15H15N3O4. The number of aromatic hydroxyl groups is 1. The monoisotopic (exact) mass is 301 g/mol. The first-order valence-electron chi connectivity index (χ1n) is 6.42. The van der Waals surface area contributed by atoms with Gasteiger partial charge < -0.3 is 9.84 Å². The summed E-state index contributed by atoms with van der Waals surface area (Å²) in [6.07, 6.45) is 1.41. The predicted octanol–water partition coefficient (Wildman–Crippen LogP) is 3.06. The number of hydrazone groups is 1. The number of ether oxygens (including phenoxy) is 1. The van der Waals surface area contributed by atoms with Gasteiger partial charge in [-0.15, -0.1) is 0 Å². The van der Waals surface area contributed by atoms with Gasteiger partial charge in [0, 0.05) is 11.6 Å². The van der Waals surface area contributed by atoms with Gasteiger partial charge in [0.05, 0.1) is 23.9 Å². The number of nitrogens with one attached hydrogen (secondary N) is 1. The fraction of sp³-hybridized carbons (Fsp3) is 0.133. The van der Waals surface area contributed by atoms with E-state index in [4.69, 9.17) is 4.74 Å². The van der Waals surface area contributed by atoms with Gasteiger partial charge in [-0.2, -0.15) is 5.10 Å². The second-order valence-electron chi connectivity index (χ2n) is 4.59. The molecule has 0 fully saturated rings. The van der Waals surface area contributed by atoms with E-state index in [1.165, 1.54) is 25.5 Å². The lowest BCUT2D eigenvalue weighted by Crippen LogP contribution is -1.96. The van der Waals surface area contributed by atoms with E-state index in [-0.39, 0.29) is 5.75 Å². The minimum atomic E-state index is -0.677. The lowest BCUT2D eigenvalue weighted by Gasteiger charge is -2.05. The van der Waals surface area contributed by atoms with E-state index in [9.17, 15) is 15.2 Å². The van der Waals surface area contributed by atoms with Crippen molar-refractivity contribution in [2.24, 2.45) is 5.10 Å². The van der Waals surface area contributed by atoms with Gasteiger partial charge in [-0.05, 0) is 30.7 Å². The Labute approximate surface area is 127 Å². The standard InChI is InChI=1S/C15H15N3O4/c1-10-4-3-5-12(6-10)17-16-9-11-7-13(18(20)21)15(19)14(8-11)22-2/h3-9,17,19H,1-2H3/b16-9-. The molecule has 0 aliphatic rings. The van der Waals surface area contributed by atoms with Crippen LogP contribution < -0.4 is 10.2 Å². The van der Waals surface area contributed by atoms with Crippen LogP contribution in [-0.4, -0.2) is 23.4 Å². The Bertz CT molecular complexity index is 729. The highest BCUT2D eigenvalue weighted by Crippen LogP contribution is 2.36. The predicted molar refractivity (Wildman–Crippen MR) is 83.7 cm³/mol. The first-order chi connectivity index (χ1) is 10.5. The van der Waals surface area contributed by atoms with E-state index in [0.29, 0.717) is 5.56 Å². The zero-order valence-electron chi connectivity index (χ0n) is 12.1. The number of anilines is 1. The van der Waals surface area contributed by atoms with Gasteiger partial charge in [-0.3, -0.25) is 15.5 Å². The molecule has 0 radical (unpaired) electrons. The van der Waals surface area contributed by atoms with E-state index in [0.717, 1.165) is 11.3 Å². The van der Waals surface area contributed by atoms with Crippen molar-refractivity contribution in [2.45, 2.75) is 6.92 Å². The Morgan fingerprint density at radius 2 is 2.14 bits per heavy atom. The number of rotatable bonds is 5. The molecule has 2 aromatic carbocycles. The number of methoxy groups -OCH3 is 1. The first-order valence-corrected chi connectivity index (χ1v) is 6.42. The minimum absolute atomic E-state index is 0.0196. The molecule has 0 aliphatic carbocycles. The Morgan fingerprint density at radius 1 is 1.36 bits per heavy atom. The zero-order chi connectivity index (χ0) is 16.1. The van der Waals surface area contributed by atoms with Gasteiger partial charge in [0.25, 0.3) is 0 Å². The molecule has 7 nitrogen and oxygen atoms in total. The molecule has 0 amide bonds. The second-order valence-corrected chi connectivity index (χ2v) is 4.59. The summed E-state index contributed by atoms with van der Waals surface area (Å²) in [7, 11) is 1.32. The molecule has 0 aliphatic heterocycles. The summed E-state index contributed by atoms with van der Waals surface area (Å²) in [4.78, 5) is 10.2. The van der Waals surface area contributed by atoms with E-state index in [1.54, 1.807) is 0 Å². The van der Waals surface area contributed by atoms with Crippen LogP contribution in [0, 0.1) is 17.0 Å². The number of phenols is 1. The summed E-state index contributed by atoms with van der Waals surface area (Å²) in [5.41, 5.74) is 4.72. The van der Waals surface area contributed by atoms with Crippen LogP contribution in [0.15, 0.2) is 41.5 Å². The van der Waals surface area contributed by atoms with Crippen molar-refractivity contribution in [2.75, 3.05) is 12.5 Å². The highest BCUT2D eigenvalue weighted by Gasteiger charge is 2.19. The Balaban J connectivity index is 2.23. The van der Waals surface area contributed by atoms with Crippen LogP contribution >= 0.6 is 0 Å². The molecule has 7 heteroatoms. The molecule has 114 valence electrons. The average Bonchev–Trinajstić information content (AvgIpc) is 2.48. The molecule has 2 aromatic rings. The van der Waals surface area contributed by atoms with Crippen LogP contribution in [0.1, 0.15) is 11.1 Å². The highest BCUT2D eigenvalue weighted by atomic mass is 16.6. The lowest BCUT2D eigenvalue weighted by atomic mass is 10.2. The number of nitro benzene ring substituents is 1. The maximum Gasteiger partial charge on any atom is 0.315 e. The number of nitro groups is 1. The molecule has 0 heterocycles. The van der Waals surface area contributed by atoms with E-state index in [2.05, 4.69) is 10.5 Å². The summed E-state index contributed by atoms with van der Waals surface area (Å²) < 4.78 is 4.92. The quantitative estimate of drug-likeness (QED) is 0.502. The lowest BCUT2D eigenvalue weighted by molar-refractivity contribution is -0.386. The van der Waals surface area contributed by atoms with Crippen molar-refractivity contribution < 1.29 is 14.8 Å². The smallest absolute Gasteiger partial charge is 0.315 e. The number of aryl methyl sites for hydroxylation is 1.